The molecule has 0 saturated carbocycles. The highest BCUT2D eigenvalue weighted by Crippen LogP contribution is 2.48. The molecule has 27 heavy (non-hydrogen) atoms. The van der Waals surface area contributed by atoms with Crippen LogP contribution in [0.25, 0.3) is 0 Å². The van der Waals surface area contributed by atoms with Crippen LogP contribution in [0.15, 0.2) is 42.0 Å². The van der Waals surface area contributed by atoms with E-state index >= 15 is 0 Å². The molecule has 3 unspecified atom stereocenters. The van der Waals surface area contributed by atoms with E-state index in [1.807, 2.05) is 18.2 Å². The number of hydrogen-bond acceptors (Lipinski definition) is 1. The molecule has 0 aromatic heterocycles. The Bertz CT molecular complexity index is 749. The number of anilines is 1. The molecule has 2 nitrogen and oxygen atoms in total. The minimum atomic E-state index is -1.33. The molecule has 2 rings (SSSR count). The average Bonchev–Trinajstić information content (AvgIpc) is 2.80. The molecule has 1 aromatic carbocycles. The number of hydrogen-bond donors (Lipinski definition) is 1. The number of halogens is 1. The predicted octanol–water partition coefficient (Wildman–Crippen LogP) is 6.50. The quantitative estimate of drug-likeness (QED) is 0.322. The van der Waals surface area contributed by atoms with Crippen LogP contribution in [-0.4, -0.2) is 11.8 Å². The van der Waals surface area contributed by atoms with Gasteiger partial charge in [-0.05, 0) is 59.3 Å². The summed E-state index contributed by atoms with van der Waals surface area (Å²) in [6.07, 6.45) is 4.55. The van der Waals surface area contributed by atoms with Gasteiger partial charge < -0.3 is 5.32 Å². The molecule has 0 fully saturated rings. The lowest BCUT2D eigenvalue weighted by atomic mass is 9.86. The molecule has 1 aliphatic rings. The van der Waals surface area contributed by atoms with Crippen molar-refractivity contribution < 1.29 is 9.18 Å². The maximum absolute atomic E-state index is 13.9. The molecule has 0 saturated heterocycles. The van der Waals surface area contributed by atoms with Gasteiger partial charge in [0.05, 0.1) is 0 Å². The maximum Gasteiger partial charge on any atom is 0.255 e. The molecule has 0 bridgehead atoms. The van der Waals surface area contributed by atoms with Gasteiger partial charge in [-0.2, -0.15) is 0 Å². The van der Waals surface area contributed by atoms with Crippen molar-refractivity contribution in [2.75, 3.05) is 5.32 Å². The zero-order chi connectivity index (χ0) is 20.4. The molecule has 3 atom stereocenters. The van der Waals surface area contributed by atoms with Crippen LogP contribution in [0.1, 0.15) is 70.9 Å². The van der Waals surface area contributed by atoms with Crippen molar-refractivity contribution in [3.8, 4) is 0 Å². The monoisotopic (exact) mass is 389 g/mol. The van der Waals surface area contributed by atoms with Crippen LogP contribution < -0.4 is 5.32 Å². The van der Waals surface area contributed by atoms with Crippen LogP contribution in [0.2, 0.25) is 0 Å². The van der Waals surface area contributed by atoms with E-state index in [1.165, 1.54) is 11.1 Å². The summed E-state index contributed by atoms with van der Waals surface area (Å²) in [6, 6.07) is 6.07. The molecular weight excluding hydrogens is 356 g/mol. The van der Waals surface area contributed by atoms with Crippen LogP contribution in [-0.2, 0) is 10.2 Å². The van der Waals surface area contributed by atoms with E-state index in [9.17, 15) is 9.18 Å². The third-order valence-corrected chi connectivity index (χ3v) is 5.81. The van der Waals surface area contributed by atoms with Crippen LogP contribution in [0.4, 0.5) is 10.1 Å². The van der Waals surface area contributed by atoms with Gasteiger partial charge in [-0.3, -0.25) is 4.79 Å². The Labute approximate surface area is 165 Å². The number of alkyl halides is 1. The Hall–Kier alpha value is -1.47. The van der Waals surface area contributed by atoms with Crippen LogP contribution in [0.3, 0.4) is 0 Å². The van der Waals surface area contributed by atoms with Gasteiger partial charge in [0, 0.05) is 11.3 Å². The van der Waals surface area contributed by atoms with E-state index in [0.717, 1.165) is 24.9 Å². The standard InChI is InChI=1S/C23H33FNOP/c1-14(2)9-7-10-17(16(4)21(24)27)22(26)25-19-12-8-11-18-20(19)15(3)13-23(18,5)6/h8,10-12,14-15,21H,4,7,9,13,27H2,1-3,5-6H3,(H,25,26)/b17-10+. The molecule has 0 aliphatic heterocycles. The van der Waals surface area contributed by atoms with Crippen molar-refractivity contribution in [1.29, 1.82) is 0 Å². The van der Waals surface area contributed by atoms with Gasteiger partial charge in [0.2, 0.25) is 0 Å². The smallest absolute Gasteiger partial charge is 0.255 e. The van der Waals surface area contributed by atoms with Crippen molar-refractivity contribution >= 4 is 20.8 Å². The summed E-state index contributed by atoms with van der Waals surface area (Å²) in [6.45, 7) is 14.7. The Morgan fingerprint density at radius 3 is 2.70 bits per heavy atom. The number of carbonyl (C=O) groups is 1. The second-order valence-corrected chi connectivity index (χ2v) is 9.31. The van der Waals surface area contributed by atoms with E-state index in [1.54, 1.807) is 0 Å². The first-order valence-corrected chi connectivity index (χ1v) is 10.4. The number of allylic oxidation sites excluding steroid dienone is 1. The summed E-state index contributed by atoms with van der Waals surface area (Å²) in [5, 5.41) is 3.04. The lowest BCUT2D eigenvalue weighted by Crippen LogP contribution is -2.19. The molecule has 1 N–H and O–H groups in total. The number of amides is 1. The summed E-state index contributed by atoms with van der Waals surface area (Å²) in [5.74, 6) is -0.713. The fraction of sp³-hybridized carbons (Fsp3) is 0.522. The van der Waals surface area contributed by atoms with E-state index in [4.69, 9.17) is 0 Å². The largest absolute Gasteiger partial charge is 0.322 e. The van der Waals surface area contributed by atoms with E-state index in [2.05, 4.69) is 61.8 Å². The molecule has 0 spiro atoms. The van der Waals surface area contributed by atoms with Gasteiger partial charge >= 0.3 is 0 Å². The minimum absolute atomic E-state index is 0.0963. The second kappa shape index (κ2) is 8.69. The molecule has 0 radical (unpaired) electrons. The zero-order valence-corrected chi connectivity index (χ0v) is 18.4. The molecule has 0 heterocycles. The van der Waals surface area contributed by atoms with Gasteiger partial charge in [-0.1, -0.05) is 68.6 Å². The van der Waals surface area contributed by atoms with Gasteiger partial charge in [0.15, 0.2) is 0 Å². The first-order valence-electron chi connectivity index (χ1n) is 9.78. The third-order valence-electron chi connectivity index (χ3n) is 5.41. The molecule has 1 amide bonds. The predicted molar refractivity (Wildman–Crippen MR) is 117 cm³/mol. The number of nitrogens with one attached hydrogen (secondary N) is 1. The first-order chi connectivity index (χ1) is 12.5. The van der Waals surface area contributed by atoms with E-state index in [0.29, 0.717) is 17.4 Å². The Morgan fingerprint density at radius 2 is 2.11 bits per heavy atom. The fourth-order valence-corrected chi connectivity index (χ4v) is 4.22. The van der Waals surface area contributed by atoms with Crippen molar-refractivity contribution in [3.63, 3.8) is 0 Å². The van der Waals surface area contributed by atoms with Crippen molar-refractivity contribution in [2.45, 2.75) is 71.1 Å². The summed E-state index contributed by atoms with van der Waals surface area (Å²) in [4.78, 5) is 13.0. The van der Waals surface area contributed by atoms with E-state index in [-0.39, 0.29) is 16.9 Å². The van der Waals surface area contributed by atoms with Crippen LogP contribution in [0.5, 0.6) is 0 Å². The van der Waals surface area contributed by atoms with E-state index < -0.39 is 5.91 Å². The average molecular weight is 389 g/mol. The first kappa shape index (κ1) is 21.8. The van der Waals surface area contributed by atoms with Crippen molar-refractivity contribution in [1.82, 2.24) is 0 Å². The summed E-state index contributed by atoms with van der Waals surface area (Å²) in [5.41, 5.74) is 3.97. The molecule has 148 valence electrons. The SMILES string of the molecule is C=C(/C(=C\CCC(C)C)C(=O)Nc1cccc2c1C(C)CC2(C)C)C(F)P. The van der Waals surface area contributed by atoms with Crippen molar-refractivity contribution in [3.05, 3.63) is 53.1 Å². The Morgan fingerprint density at radius 1 is 1.44 bits per heavy atom. The maximum atomic E-state index is 13.9. The summed E-state index contributed by atoms with van der Waals surface area (Å²) < 4.78 is 13.9. The Kier molecular flexibility index (Phi) is 7.03. The zero-order valence-electron chi connectivity index (χ0n) is 17.2. The summed E-state index contributed by atoms with van der Waals surface area (Å²) in [7, 11) is 2.08. The highest BCUT2D eigenvalue weighted by molar-refractivity contribution is 7.17. The number of carbonyl (C=O) groups excluding carboxylic acids is 1. The normalized spacial score (nSPS) is 19.7. The number of benzene rings is 1. The molecular formula is C23H33FNOP. The van der Waals surface area contributed by atoms with Gasteiger partial charge in [-0.15, -0.1) is 0 Å². The van der Waals surface area contributed by atoms with Crippen LogP contribution >= 0.6 is 9.24 Å². The minimum Gasteiger partial charge on any atom is -0.322 e. The van der Waals surface area contributed by atoms with Gasteiger partial charge in [0.1, 0.15) is 5.91 Å². The second-order valence-electron chi connectivity index (χ2n) is 8.73. The lowest BCUT2D eigenvalue weighted by molar-refractivity contribution is -0.112. The lowest BCUT2D eigenvalue weighted by Gasteiger charge is -2.20. The van der Waals surface area contributed by atoms with Crippen molar-refractivity contribution in [2.24, 2.45) is 5.92 Å². The van der Waals surface area contributed by atoms with Gasteiger partial charge in [0.25, 0.3) is 5.91 Å². The van der Waals surface area contributed by atoms with Crippen LogP contribution in [0, 0.1) is 5.92 Å². The third kappa shape index (κ3) is 5.08. The topological polar surface area (TPSA) is 29.1 Å². The molecule has 4 heteroatoms. The highest BCUT2D eigenvalue weighted by atomic mass is 31.0. The number of rotatable bonds is 7. The highest BCUT2D eigenvalue weighted by Gasteiger charge is 2.36. The fourth-order valence-electron chi connectivity index (χ4n) is 4.04. The molecule has 1 aliphatic carbocycles. The van der Waals surface area contributed by atoms with Gasteiger partial charge in [-0.25, -0.2) is 4.39 Å². The summed E-state index contributed by atoms with van der Waals surface area (Å²) >= 11 is 0. The number of fused-ring (bicyclic) bond motifs is 1. The Balaban J connectivity index is 2.31. The molecule has 1 aromatic rings.